The van der Waals surface area contributed by atoms with E-state index in [2.05, 4.69) is 15.7 Å². The Morgan fingerprint density at radius 1 is 1.32 bits per heavy atom. The number of nitrogens with zero attached hydrogens (tertiary/aromatic N) is 2. The Hall–Kier alpha value is -2.30. The molecule has 0 fully saturated rings. The number of hydrogen-bond acceptors (Lipinski definition) is 3. The van der Waals surface area contributed by atoms with Gasteiger partial charge in [-0.25, -0.2) is 0 Å². The summed E-state index contributed by atoms with van der Waals surface area (Å²) in [6.45, 7) is 7.91. The molecule has 1 aromatic carbocycles. The summed E-state index contributed by atoms with van der Waals surface area (Å²) >= 11 is 0. The van der Waals surface area contributed by atoms with Gasteiger partial charge in [0.05, 0.1) is 11.4 Å². The highest BCUT2D eigenvalue weighted by Crippen LogP contribution is 2.18. The monoisotopic (exact) mass is 300 g/mol. The average molecular weight is 300 g/mol. The maximum Gasteiger partial charge on any atom is 0.246 e. The number of aromatic nitrogens is 2. The van der Waals surface area contributed by atoms with Gasteiger partial charge in [-0.15, -0.1) is 0 Å². The molecule has 0 radical (unpaired) electrons. The van der Waals surface area contributed by atoms with Crippen LogP contribution >= 0.6 is 0 Å². The number of benzene rings is 1. The quantitative estimate of drug-likeness (QED) is 0.892. The van der Waals surface area contributed by atoms with Crippen molar-refractivity contribution in [3.8, 4) is 0 Å². The predicted molar refractivity (Wildman–Crippen MR) is 90.2 cm³/mol. The first-order chi connectivity index (χ1) is 10.4. The van der Waals surface area contributed by atoms with Gasteiger partial charge in [0.15, 0.2) is 0 Å². The van der Waals surface area contributed by atoms with Crippen molar-refractivity contribution in [2.75, 3.05) is 10.6 Å². The zero-order chi connectivity index (χ0) is 16.3. The molecule has 0 aliphatic carbocycles. The second kappa shape index (κ2) is 6.64. The van der Waals surface area contributed by atoms with Crippen molar-refractivity contribution in [2.45, 2.75) is 40.2 Å². The number of hydrogen-bond donors (Lipinski definition) is 2. The maximum absolute atomic E-state index is 12.4. The first kappa shape index (κ1) is 16.1. The van der Waals surface area contributed by atoms with Gasteiger partial charge in [-0.3, -0.25) is 9.48 Å². The molecule has 1 heterocycles. The lowest BCUT2D eigenvalue weighted by atomic mass is 10.1. The van der Waals surface area contributed by atoms with E-state index < -0.39 is 0 Å². The summed E-state index contributed by atoms with van der Waals surface area (Å²) in [7, 11) is 1.88. The van der Waals surface area contributed by atoms with Gasteiger partial charge in [-0.05, 0) is 44.4 Å². The fourth-order valence-electron chi connectivity index (χ4n) is 2.33. The smallest absolute Gasteiger partial charge is 0.246 e. The van der Waals surface area contributed by atoms with Crippen LogP contribution in [0.5, 0.6) is 0 Å². The summed E-state index contributed by atoms with van der Waals surface area (Å²) in [5, 5.41) is 10.6. The van der Waals surface area contributed by atoms with Crippen LogP contribution in [0.25, 0.3) is 0 Å². The second-order valence-corrected chi connectivity index (χ2v) is 5.69. The highest BCUT2D eigenvalue weighted by atomic mass is 16.2. The van der Waals surface area contributed by atoms with E-state index in [1.165, 1.54) is 0 Å². The van der Waals surface area contributed by atoms with Crippen LogP contribution < -0.4 is 10.6 Å². The molecule has 1 atom stereocenters. The van der Waals surface area contributed by atoms with Gasteiger partial charge in [0, 0.05) is 18.9 Å². The van der Waals surface area contributed by atoms with Crippen LogP contribution in [-0.4, -0.2) is 21.7 Å². The predicted octanol–water partition coefficient (Wildman–Crippen LogP) is 3.04. The number of amides is 1. The average Bonchev–Trinajstić information content (AvgIpc) is 2.82. The molecule has 2 rings (SSSR count). The second-order valence-electron chi connectivity index (χ2n) is 5.69. The molecule has 0 bridgehead atoms. The van der Waals surface area contributed by atoms with Gasteiger partial charge >= 0.3 is 0 Å². The lowest BCUT2D eigenvalue weighted by Gasteiger charge is -2.16. The third-order valence-corrected chi connectivity index (χ3v) is 3.66. The van der Waals surface area contributed by atoms with Gasteiger partial charge in [0.2, 0.25) is 5.91 Å². The fraction of sp³-hybridized carbons (Fsp3) is 0.412. The summed E-state index contributed by atoms with van der Waals surface area (Å²) in [6.07, 6.45) is 2.73. The van der Waals surface area contributed by atoms with Crippen molar-refractivity contribution in [3.05, 3.63) is 41.2 Å². The molecule has 0 saturated heterocycles. The van der Waals surface area contributed by atoms with E-state index in [0.717, 1.165) is 34.6 Å². The van der Waals surface area contributed by atoms with Crippen LogP contribution in [0.15, 0.2) is 24.4 Å². The highest BCUT2D eigenvalue weighted by Gasteiger charge is 2.16. The Balaban J connectivity index is 2.07. The number of rotatable bonds is 5. The largest absolute Gasteiger partial charge is 0.371 e. The lowest BCUT2D eigenvalue weighted by molar-refractivity contribution is -0.116. The van der Waals surface area contributed by atoms with Gasteiger partial charge in [0.25, 0.3) is 0 Å². The van der Waals surface area contributed by atoms with Crippen LogP contribution in [0, 0.1) is 13.8 Å². The minimum absolute atomic E-state index is 0.0559. The van der Waals surface area contributed by atoms with Crippen molar-refractivity contribution in [3.63, 3.8) is 0 Å². The summed E-state index contributed by atoms with van der Waals surface area (Å²) in [5.74, 6) is -0.0559. The fourth-order valence-corrected chi connectivity index (χ4v) is 2.33. The molecule has 2 aromatic rings. The third kappa shape index (κ3) is 3.67. The zero-order valence-electron chi connectivity index (χ0n) is 13.9. The molecular weight excluding hydrogens is 276 g/mol. The summed E-state index contributed by atoms with van der Waals surface area (Å²) in [6, 6.07) is 5.70. The topological polar surface area (TPSA) is 59.0 Å². The van der Waals surface area contributed by atoms with Crippen LogP contribution in [0.1, 0.15) is 30.7 Å². The Morgan fingerprint density at radius 3 is 2.73 bits per heavy atom. The molecule has 2 N–H and O–H groups in total. The van der Waals surface area contributed by atoms with E-state index in [1.807, 2.05) is 59.1 Å². The number of anilines is 2. The van der Waals surface area contributed by atoms with Crippen LogP contribution in [0.2, 0.25) is 0 Å². The molecule has 22 heavy (non-hydrogen) atoms. The molecule has 0 saturated carbocycles. The SMILES string of the molecule is CCc1nn(C)cc1NC(C)C(=O)Nc1cc(C)ccc1C. The van der Waals surface area contributed by atoms with Gasteiger partial charge in [-0.2, -0.15) is 5.10 Å². The number of carbonyl (C=O) groups excluding carboxylic acids is 1. The van der Waals surface area contributed by atoms with E-state index in [9.17, 15) is 4.79 Å². The molecular formula is C17H24N4O. The first-order valence-electron chi connectivity index (χ1n) is 7.58. The maximum atomic E-state index is 12.4. The van der Waals surface area contributed by atoms with Crippen LogP contribution in [-0.2, 0) is 18.3 Å². The van der Waals surface area contributed by atoms with Crippen molar-refractivity contribution in [1.82, 2.24) is 9.78 Å². The Labute approximate surface area is 131 Å². The first-order valence-corrected chi connectivity index (χ1v) is 7.58. The van der Waals surface area contributed by atoms with Crippen molar-refractivity contribution < 1.29 is 4.79 Å². The molecule has 1 aromatic heterocycles. The van der Waals surface area contributed by atoms with Crippen LogP contribution in [0.4, 0.5) is 11.4 Å². The molecule has 5 heteroatoms. The normalized spacial score (nSPS) is 12.0. The van der Waals surface area contributed by atoms with E-state index >= 15 is 0 Å². The molecule has 0 aliphatic heterocycles. The molecule has 1 unspecified atom stereocenters. The summed E-state index contributed by atoms with van der Waals surface area (Å²) in [4.78, 5) is 12.4. The number of carbonyl (C=O) groups is 1. The van der Waals surface area contributed by atoms with Crippen LogP contribution in [0.3, 0.4) is 0 Å². The summed E-state index contributed by atoms with van der Waals surface area (Å²) in [5.41, 5.74) is 4.92. The number of aryl methyl sites for hydroxylation is 4. The molecule has 118 valence electrons. The lowest BCUT2D eigenvalue weighted by Crippen LogP contribution is -2.32. The molecule has 0 spiro atoms. The molecule has 5 nitrogen and oxygen atoms in total. The van der Waals surface area contributed by atoms with Gasteiger partial charge in [-0.1, -0.05) is 19.1 Å². The van der Waals surface area contributed by atoms with Gasteiger partial charge in [0.1, 0.15) is 6.04 Å². The molecule has 1 amide bonds. The zero-order valence-corrected chi connectivity index (χ0v) is 13.9. The Bertz CT molecular complexity index is 675. The van der Waals surface area contributed by atoms with E-state index in [1.54, 1.807) is 4.68 Å². The highest BCUT2D eigenvalue weighted by molar-refractivity contribution is 5.96. The van der Waals surface area contributed by atoms with Crippen molar-refractivity contribution >= 4 is 17.3 Å². The van der Waals surface area contributed by atoms with E-state index in [-0.39, 0.29) is 11.9 Å². The summed E-state index contributed by atoms with van der Waals surface area (Å²) < 4.78 is 1.76. The molecule has 0 aliphatic rings. The minimum Gasteiger partial charge on any atom is -0.371 e. The Kier molecular flexibility index (Phi) is 4.85. The Morgan fingerprint density at radius 2 is 2.05 bits per heavy atom. The number of nitrogens with one attached hydrogen (secondary N) is 2. The van der Waals surface area contributed by atoms with E-state index in [4.69, 9.17) is 0 Å². The van der Waals surface area contributed by atoms with Gasteiger partial charge < -0.3 is 10.6 Å². The minimum atomic E-state index is -0.339. The standard InChI is InChI=1S/C17H24N4O/c1-6-14-16(10-21(5)20-14)18-13(4)17(22)19-15-9-11(2)7-8-12(15)3/h7-10,13,18H,6H2,1-5H3,(H,19,22). The van der Waals surface area contributed by atoms with E-state index in [0.29, 0.717) is 0 Å². The van der Waals surface area contributed by atoms with Crippen molar-refractivity contribution in [2.24, 2.45) is 7.05 Å². The third-order valence-electron chi connectivity index (χ3n) is 3.66. The van der Waals surface area contributed by atoms with Crippen molar-refractivity contribution in [1.29, 1.82) is 0 Å².